The first-order valence-corrected chi connectivity index (χ1v) is 9.71. The van der Waals surface area contributed by atoms with Gasteiger partial charge in [-0.1, -0.05) is 6.92 Å². The number of allylic oxidation sites excluding steroid dienone is 1. The van der Waals surface area contributed by atoms with E-state index in [0.29, 0.717) is 17.3 Å². The smallest absolute Gasteiger partial charge is 0.115 e. The van der Waals surface area contributed by atoms with E-state index >= 15 is 0 Å². The van der Waals surface area contributed by atoms with E-state index < -0.39 is 0 Å². The lowest BCUT2D eigenvalue weighted by Crippen LogP contribution is -2.46. The summed E-state index contributed by atoms with van der Waals surface area (Å²) in [5.74, 6) is 1.64. The van der Waals surface area contributed by atoms with Gasteiger partial charge in [0.25, 0.3) is 0 Å². The molecule has 2 heterocycles. The number of hydrogen-bond acceptors (Lipinski definition) is 5. The van der Waals surface area contributed by atoms with Gasteiger partial charge in [0.05, 0.1) is 5.92 Å². The third kappa shape index (κ3) is 2.73. The highest BCUT2D eigenvalue weighted by atomic mass is 32.2. The van der Waals surface area contributed by atoms with Gasteiger partial charge in [-0.25, -0.2) is 4.99 Å². The number of aliphatic imine (C=N–C) groups is 2. The van der Waals surface area contributed by atoms with Crippen molar-refractivity contribution in [3.63, 3.8) is 0 Å². The van der Waals surface area contributed by atoms with Gasteiger partial charge in [0, 0.05) is 12.1 Å². The highest BCUT2D eigenvalue weighted by molar-refractivity contribution is 8.04. The first kappa shape index (κ1) is 14.8. The standard InChI is InChI=1S/C17H26N4S/c1-2-18-11-6-8-12(9-7-11)21-16-15-13-4-3-5-14(13)22-17(15)20-10-19-16/h10-12,15,17-18H,2-9H2,1H3,(H,19,20,21)/t11-,12-,15?,17?. The molecule has 0 aromatic carbocycles. The Labute approximate surface area is 137 Å². The molecular weight excluding hydrogens is 292 g/mol. The van der Waals surface area contributed by atoms with Gasteiger partial charge in [-0.2, -0.15) is 0 Å². The zero-order valence-electron chi connectivity index (χ0n) is 13.3. The minimum Gasteiger partial charge on any atom is -0.370 e. The summed E-state index contributed by atoms with van der Waals surface area (Å²) in [6.07, 6.45) is 10.7. The Bertz CT molecular complexity index is 517. The largest absolute Gasteiger partial charge is 0.370 e. The maximum atomic E-state index is 4.63. The number of nitrogens with one attached hydrogen (secondary N) is 2. The number of thioether (sulfide) groups is 1. The van der Waals surface area contributed by atoms with Crippen molar-refractivity contribution in [1.82, 2.24) is 10.6 Å². The lowest BCUT2D eigenvalue weighted by molar-refractivity contribution is 0.330. The van der Waals surface area contributed by atoms with Gasteiger partial charge < -0.3 is 10.6 Å². The first-order valence-electron chi connectivity index (χ1n) is 8.83. The summed E-state index contributed by atoms with van der Waals surface area (Å²) in [5, 5.41) is 7.74. The molecule has 4 rings (SSSR count). The molecule has 0 spiro atoms. The quantitative estimate of drug-likeness (QED) is 0.841. The predicted octanol–water partition coefficient (Wildman–Crippen LogP) is 3.06. The van der Waals surface area contributed by atoms with E-state index in [-0.39, 0.29) is 0 Å². The van der Waals surface area contributed by atoms with Gasteiger partial charge in [0.1, 0.15) is 17.5 Å². The second-order valence-electron chi connectivity index (χ2n) is 6.82. The van der Waals surface area contributed by atoms with Crippen LogP contribution >= 0.6 is 11.8 Å². The van der Waals surface area contributed by atoms with E-state index in [4.69, 9.17) is 0 Å². The average Bonchev–Trinajstić information content (AvgIpc) is 3.10. The average molecular weight is 318 g/mol. The molecule has 2 N–H and O–H groups in total. The third-order valence-electron chi connectivity index (χ3n) is 5.41. The summed E-state index contributed by atoms with van der Waals surface area (Å²) in [4.78, 5) is 10.9. The van der Waals surface area contributed by atoms with Crippen LogP contribution in [0.5, 0.6) is 0 Å². The summed E-state index contributed by atoms with van der Waals surface area (Å²) in [5.41, 5.74) is 1.64. The zero-order chi connectivity index (χ0) is 14.9. The molecule has 0 aromatic rings. The zero-order valence-corrected chi connectivity index (χ0v) is 14.2. The third-order valence-corrected chi connectivity index (χ3v) is 6.79. The molecule has 1 saturated carbocycles. The number of nitrogens with zero attached hydrogens (tertiary/aromatic N) is 2. The molecule has 0 amide bonds. The van der Waals surface area contributed by atoms with Gasteiger partial charge >= 0.3 is 0 Å². The second-order valence-corrected chi connectivity index (χ2v) is 8.03. The number of hydrogen-bond donors (Lipinski definition) is 2. The molecule has 2 aliphatic heterocycles. The van der Waals surface area contributed by atoms with E-state index in [2.05, 4.69) is 27.5 Å². The molecule has 2 atom stereocenters. The highest BCUT2D eigenvalue weighted by Gasteiger charge is 2.42. The number of rotatable bonds is 3. The van der Waals surface area contributed by atoms with Crippen molar-refractivity contribution in [3.8, 4) is 0 Å². The predicted molar refractivity (Wildman–Crippen MR) is 94.5 cm³/mol. The molecule has 0 saturated heterocycles. The van der Waals surface area contributed by atoms with Crippen LogP contribution in [0.15, 0.2) is 20.5 Å². The number of amidine groups is 1. The maximum absolute atomic E-state index is 4.63. The van der Waals surface area contributed by atoms with Crippen molar-refractivity contribution in [1.29, 1.82) is 0 Å². The van der Waals surface area contributed by atoms with Gasteiger partial charge in [-0.15, -0.1) is 11.8 Å². The molecule has 2 unspecified atom stereocenters. The Morgan fingerprint density at radius 1 is 1.18 bits per heavy atom. The molecular formula is C17H26N4S. The second kappa shape index (κ2) is 6.36. The lowest BCUT2D eigenvalue weighted by atomic mass is 9.89. The van der Waals surface area contributed by atoms with Gasteiger partial charge in [0.15, 0.2) is 0 Å². The fraction of sp³-hybridized carbons (Fsp3) is 0.765. The van der Waals surface area contributed by atoms with Gasteiger partial charge in [-0.3, -0.25) is 4.99 Å². The van der Waals surface area contributed by atoms with Crippen LogP contribution in [0.3, 0.4) is 0 Å². The van der Waals surface area contributed by atoms with Crippen molar-refractivity contribution in [3.05, 3.63) is 10.5 Å². The van der Waals surface area contributed by atoms with Crippen LogP contribution in [0.4, 0.5) is 0 Å². The lowest BCUT2D eigenvalue weighted by Gasteiger charge is -2.33. The van der Waals surface area contributed by atoms with E-state index in [1.165, 1.54) is 50.8 Å². The normalized spacial score (nSPS) is 37.0. The minimum absolute atomic E-state index is 0.364. The summed E-state index contributed by atoms with van der Waals surface area (Å²) >= 11 is 1.99. The van der Waals surface area contributed by atoms with Crippen molar-refractivity contribution in [2.24, 2.45) is 15.9 Å². The summed E-state index contributed by atoms with van der Waals surface area (Å²) in [6, 6.07) is 1.31. The van der Waals surface area contributed by atoms with Crippen LogP contribution in [-0.4, -0.2) is 36.2 Å². The van der Waals surface area contributed by atoms with Crippen LogP contribution in [-0.2, 0) is 0 Å². The Morgan fingerprint density at radius 2 is 2.00 bits per heavy atom. The van der Waals surface area contributed by atoms with Crippen molar-refractivity contribution in [2.45, 2.75) is 69.3 Å². The fourth-order valence-corrected chi connectivity index (χ4v) is 5.79. The molecule has 0 aromatic heterocycles. The summed E-state index contributed by atoms with van der Waals surface area (Å²) in [7, 11) is 0. The van der Waals surface area contributed by atoms with E-state index in [0.717, 1.165) is 12.6 Å². The van der Waals surface area contributed by atoms with Crippen LogP contribution < -0.4 is 10.6 Å². The molecule has 0 radical (unpaired) electrons. The van der Waals surface area contributed by atoms with Crippen molar-refractivity contribution in [2.75, 3.05) is 6.54 Å². The van der Waals surface area contributed by atoms with E-state index in [9.17, 15) is 0 Å². The highest BCUT2D eigenvalue weighted by Crippen LogP contribution is 2.51. The van der Waals surface area contributed by atoms with E-state index in [1.807, 2.05) is 11.8 Å². The van der Waals surface area contributed by atoms with E-state index in [1.54, 1.807) is 16.8 Å². The molecule has 2 aliphatic carbocycles. The monoisotopic (exact) mass is 318 g/mol. The van der Waals surface area contributed by atoms with Crippen molar-refractivity contribution >= 4 is 23.9 Å². The Morgan fingerprint density at radius 3 is 2.82 bits per heavy atom. The Balaban J connectivity index is 1.40. The molecule has 0 bridgehead atoms. The Kier molecular flexibility index (Phi) is 4.27. The maximum Gasteiger partial charge on any atom is 0.115 e. The van der Waals surface area contributed by atoms with Gasteiger partial charge in [0.2, 0.25) is 0 Å². The van der Waals surface area contributed by atoms with Crippen LogP contribution in [0.25, 0.3) is 0 Å². The number of fused-ring (bicyclic) bond motifs is 2. The molecule has 4 nitrogen and oxygen atoms in total. The first-order chi connectivity index (χ1) is 10.8. The summed E-state index contributed by atoms with van der Waals surface area (Å²) in [6.45, 7) is 3.29. The van der Waals surface area contributed by atoms with Crippen LogP contribution in [0.2, 0.25) is 0 Å². The molecule has 1 fully saturated rings. The van der Waals surface area contributed by atoms with Crippen LogP contribution in [0.1, 0.15) is 51.9 Å². The van der Waals surface area contributed by atoms with Gasteiger partial charge in [-0.05, 0) is 62.0 Å². The molecule has 120 valence electrons. The summed E-state index contributed by atoms with van der Waals surface area (Å²) < 4.78 is 0. The molecule has 4 aliphatic rings. The Hall–Kier alpha value is -0.810. The fourth-order valence-electron chi connectivity index (χ4n) is 4.31. The van der Waals surface area contributed by atoms with Crippen LogP contribution in [0, 0.1) is 5.92 Å². The molecule has 22 heavy (non-hydrogen) atoms. The SMILES string of the molecule is CCN[C@H]1CC[C@H](NC2=NC=NC3SC4=C(CCC4)C23)CC1. The van der Waals surface area contributed by atoms with Crippen molar-refractivity contribution < 1.29 is 0 Å². The topological polar surface area (TPSA) is 48.8 Å². The minimum atomic E-state index is 0.364. The molecule has 5 heteroatoms.